The number of carbonyl (C=O) groups excluding carboxylic acids is 1. The number of carboxylic acids is 1. The van der Waals surface area contributed by atoms with Crippen LogP contribution >= 0.6 is 11.3 Å². The molecular formula is C15H12O5S. The van der Waals surface area contributed by atoms with Gasteiger partial charge in [0, 0.05) is 10.9 Å². The van der Waals surface area contributed by atoms with E-state index in [9.17, 15) is 14.7 Å². The van der Waals surface area contributed by atoms with Crippen molar-refractivity contribution in [3.8, 4) is 11.5 Å². The van der Waals surface area contributed by atoms with E-state index in [4.69, 9.17) is 9.84 Å². The number of phenols is 1. The van der Waals surface area contributed by atoms with Crippen LogP contribution in [-0.4, -0.2) is 29.1 Å². The predicted octanol–water partition coefficient (Wildman–Crippen LogP) is 3.06. The zero-order chi connectivity index (χ0) is 15.4. The van der Waals surface area contributed by atoms with Gasteiger partial charge in [0.15, 0.2) is 17.3 Å². The number of aromatic hydroxyl groups is 1. The zero-order valence-corrected chi connectivity index (χ0v) is 11.9. The standard InChI is InChI=1S/C15H12O5S/c1-20-13-6-9(3-5-12(13)17)2-4-11(16)10-7-14(15(18)19)21-8-10/h2-8,17H,1H3,(H,18,19)/b4-2+. The zero-order valence-electron chi connectivity index (χ0n) is 11.1. The molecule has 1 aromatic carbocycles. The van der Waals surface area contributed by atoms with Crippen LogP contribution in [0.3, 0.4) is 0 Å². The Labute approximate surface area is 124 Å². The number of thiophene rings is 1. The molecule has 5 nitrogen and oxygen atoms in total. The highest BCUT2D eigenvalue weighted by molar-refractivity contribution is 7.12. The van der Waals surface area contributed by atoms with Crippen molar-refractivity contribution in [2.45, 2.75) is 0 Å². The summed E-state index contributed by atoms with van der Waals surface area (Å²) in [6.07, 6.45) is 2.92. The topological polar surface area (TPSA) is 83.8 Å². The summed E-state index contributed by atoms with van der Waals surface area (Å²) >= 11 is 1.01. The van der Waals surface area contributed by atoms with Crippen LogP contribution in [0.2, 0.25) is 0 Å². The monoisotopic (exact) mass is 304 g/mol. The van der Waals surface area contributed by atoms with Gasteiger partial charge in [-0.3, -0.25) is 4.79 Å². The van der Waals surface area contributed by atoms with Crippen molar-refractivity contribution in [2.75, 3.05) is 7.11 Å². The van der Waals surface area contributed by atoms with E-state index >= 15 is 0 Å². The van der Waals surface area contributed by atoms with Gasteiger partial charge in [-0.1, -0.05) is 12.1 Å². The summed E-state index contributed by atoms with van der Waals surface area (Å²) < 4.78 is 4.97. The molecule has 6 heteroatoms. The summed E-state index contributed by atoms with van der Waals surface area (Å²) in [5, 5.41) is 19.8. The van der Waals surface area contributed by atoms with E-state index in [0.717, 1.165) is 11.3 Å². The second kappa shape index (κ2) is 6.23. The number of carbonyl (C=O) groups is 2. The number of aromatic carboxylic acids is 1. The minimum Gasteiger partial charge on any atom is -0.504 e. The second-order valence-corrected chi connectivity index (χ2v) is 5.04. The lowest BCUT2D eigenvalue weighted by molar-refractivity contribution is 0.0702. The summed E-state index contributed by atoms with van der Waals surface area (Å²) in [6.45, 7) is 0. The lowest BCUT2D eigenvalue weighted by Gasteiger charge is -2.03. The number of rotatable bonds is 5. The molecule has 2 aromatic rings. The lowest BCUT2D eigenvalue weighted by atomic mass is 10.1. The van der Waals surface area contributed by atoms with E-state index in [1.54, 1.807) is 18.2 Å². The Morgan fingerprint density at radius 3 is 2.67 bits per heavy atom. The third-order valence-electron chi connectivity index (χ3n) is 2.73. The highest BCUT2D eigenvalue weighted by Crippen LogP contribution is 2.26. The third-order valence-corrected chi connectivity index (χ3v) is 3.64. The van der Waals surface area contributed by atoms with Gasteiger partial charge in [-0.05, 0) is 29.8 Å². The fourth-order valence-corrected chi connectivity index (χ4v) is 2.38. The van der Waals surface area contributed by atoms with E-state index in [1.807, 2.05) is 0 Å². The summed E-state index contributed by atoms with van der Waals surface area (Å²) in [5.74, 6) is -1.00. The number of phenolic OH excluding ortho intramolecular Hbond substituents is 1. The highest BCUT2D eigenvalue weighted by Gasteiger charge is 2.10. The van der Waals surface area contributed by atoms with Crippen LogP contribution in [0.4, 0.5) is 0 Å². The Kier molecular flexibility index (Phi) is 4.39. The molecule has 0 aliphatic heterocycles. The van der Waals surface area contributed by atoms with E-state index in [0.29, 0.717) is 16.9 Å². The van der Waals surface area contributed by atoms with Crippen LogP contribution in [0.5, 0.6) is 11.5 Å². The molecule has 0 spiro atoms. The average Bonchev–Trinajstić information content (AvgIpc) is 2.96. The molecule has 0 fully saturated rings. The van der Waals surface area contributed by atoms with Gasteiger partial charge >= 0.3 is 5.97 Å². The van der Waals surface area contributed by atoms with Crippen molar-refractivity contribution in [2.24, 2.45) is 0 Å². The Morgan fingerprint density at radius 2 is 2.05 bits per heavy atom. The first-order valence-corrected chi connectivity index (χ1v) is 6.80. The van der Waals surface area contributed by atoms with Gasteiger partial charge in [0.2, 0.25) is 0 Å². The number of allylic oxidation sites excluding steroid dienone is 1. The van der Waals surface area contributed by atoms with Crippen molar-refractivity contribution in [1.29, 1.82) is 0 Å². The molecule has 0 bridgehead atoms. The minimum atomic E-state index is -1.05. The van der Waals surface area contributed by atoms with Crippen LogP contribution in [0, 0.1) is 0 Å². The molecule has 0 atom stereocenters. The molecule has 108 valence electrons. The average molecular weight is 304 g/mol. The van der Waals surface area contributed by atoms with Crippen molar-refractivity contribution < 1.29 is 24.5 Å². The van der Waals surface area contributed by atoms with Crippen LogP contribution in [0.15, 0.2) is 35.7 Å². The van der Waals surface area contributed by atoms with E-state index < -0.39 is 5.97 Å². The third kappa shape index (κ3) is 3.49. The second-order valence-electron chi connectivity index (χ2n) is 4.13. The maximum Gasteiger partial charge on any atom is 0.345 e. The summed E-state index contributed by atoms with van der Waals surface area (Å²) in [4.78, 5) is 22.8. The molecule has 1 aromatic heterocycles. The van der Waals surface area contributed by atoms with Gasteiger partial charge in [-0.25, -0.2) is 4.79 Å². The largest absolute Gasteiger partial charge is 0.504 e. The summed E-state index contributed by atoms with van der Waals surface area (Å²) in [7, 11) is 1.44. The normalized spacial score (nSPS) is 10.7. The number of benzene rings is 1. The lowest BCUT2D eigenvalue weighted by Crippen LogP contribution is -1.94. The van der Waals surface area contributed by atoms with Crippen LogP contribution in [0.1, 0.15) is 25.6 Å². The molecule has 2 rings (SSSR count). The van der Waals surface area contributed by atoms with Gasteiger partial charge < -0.3 is 14.9 Å². The van der Waals surface area contributed by atoms with Gasteiger partial charge in [0.1, 0.15) is 4.88 Å². The van der Waals surface area contributed by atoms with Crippen molar-refractivity contribution in [3.05, 3.63) is 51.7 Å². The molecule has 0 saturated carbocycles. The molecular weight excluding hydrogens is 292 g/mol. The van der Waals surface area contributed by atoms with Gasteiger partial charge in [0.25, 0.3) is 0 Å². The molecule has 0 amide bonds. The number of methoxy groups -OCH3 is 1. The summed E-state index contributed by atoms with van der Waals surface area (Å²) in [5.41, 5.74) is 1.02. The molecule has 0 radical (unpaired) electrons. The first-order valence-electron chi connectivity index (χ1n) is 5.92. The van der Waals surface area contributed by atoms with Crippen LogP contribution in [-0.2, 0) is 0 Å². The SMILES string of the molecule is COc1cc(/C=C/C(=O)c2csc(C(=O)O)c2)ccc1O. The molecule has 0 aliphatic rings. The molecule has 2 N–H and O–H groups in total. The number of carboxylic acid groups (broad SMARTS) is 1. The van der Waals surface area contributed by atoms with Crippen molar-refractivity contribution >= 4 is 29.2 Å². The van der Waals surface area contributed by atoms with Crippen molar-refractivity contribution in [3.63, 3.8) is 0 Å². The molecule has 1 heterocycles. The molecule has 0 aliphatic carbocycles. The summed E-state index contributed by atoms with van der Waals surface area (Å²) in [6, 6.07) is 6.04. The smallest absolute Gasteiger partial charge is 0.345 e. The molecule has 0 saturated heterocycles. The minimum absolute atomic E-state index is 0.0184. The van der Waals surface area contributed by atoms with E-state index in [2.05, 4.69) is 0 Å². The number of hydrogen-bond acceptors (Lipinski definition) is 5. The van der Waals surface area contributed by atoms with Crippen molar-refractivity contribution in [1.82, 2.24) is 0 Å². The Balaban J connectivity index is 2.16. The number of ketones is 1. The number of hydrogen-bond donors (Lipinski definition) is 2. The first kappa shape index (κ1) is 14.8. The van der Waals surface area contributed by atoms with Gasteiger partial charge in [0.05, 0.1) is 7.11 Å². The quantitative estimate of drug-likeness (QED) is 0.655. The Bertz CT molecular complexity index is 715. The molecule has 21 heavy (non-hydrogen) atoms. The fraction of sp³-hybridized carbons (Fsp3) is 0.0667. The number of ether oxygens (including phenoxy) is 1. The predicted molar refractivity (Wildman–Crippen MR) is 79.3 cm³/mol. The Morgan fingerprint density at radius 1 is 1.29 bits per heavy atom. The van der Waals surface area contributed by atoms with Crippen LogP contribution < -0.4 is 4.74 Å². The van der Waals surface area contributed by atoms with E-state index in [-0.39, 0.29) is 16.4 Å². The highest BCUT2D eigenvalue weighted by atomic mass is 32.1. The molecule has 0 unspecified atom stereocenters. The van der Waals surface area contributed by atoms with E-state index in [1.165, 1.54) is 30.7 Å². The maximum absolute atomic E-state index is 11.9. The fourth-order valence-electron chi connectivity index (χ4n) is 1.64. The Hall–Kier alpha value is -2.60. The first-order chi connectivity index (χ1) is 10.0. The van der Waals surface area contributed by atoms with Gasteiger partial charge in [-0.15, -0.1) is 11.3 Å². The maximum atomic E-state index is 11.9. The van der Waals surface area contributed by atoms with Gasteiger partial charge in [-0.2, -0.15) is 0 Å². The van der Waals surface area contributed by atoms with Crippen LogP contribution in [0.25, 0.3) is 6.08 Å².